The second-order valence-corrected chi connectivity index (χ2v) is 10.6. The van der Waals surface area contributed by atoms with E-state index >= 15 is 0 Å². The lowest BCUT2D eigenvalue weighted by Gasteiger charge is -2.33. The maximum atomic E-state index is 13.2. The van der Waals surface area contributed by atoms with E-state index in [1.54, 1.807) is 0 Å². The van der Waals surface area contributed by atoms with Crippen LogP contribution < -0.4 is 10.6 Å². The third-order valence-electron chi connectivity index (χ3n) is 6.29. The Balaban J connectivity index is 1.28. The van der Waals surface area contributed by atoms with E-state index in [1.165, 1.54) is 16.4 Å². The normalized spacial score (nSPS) is 20.2. The molecule has 0 bridgehead atoms. The zero-order chi connectivity index (χ0) is 24.1. The van der Waals surface area contributed by atoms with Gasteiger partial charge in [0.05, 0.1) is 11.4 Å². The predicted molar refractivity (Wildman–Crippen MR) is 126 cm³/mol. The number of likely N-dealkylation sites (tertiary alicyclic amines) is 1. The standard InChI is InChI=1S/C24H29FN4O4S/c25-18-8-10-21(11-9-18)34(32,33)29-14-4-7-22(29)24(31)27-20-12-15-28(16-13-20)17-23(30)26-19-5-2-1-3-6-19/h1-3,5-6,8-11,20,22H,4,7,12-17H2,(H,26,30)(H,27,31)/t22-/m1/s1. The van der Waals surface area contributed by atoms with Crippen LogP contribution in [0.1, 0.15) is 25.7 Å². The van der Waals surface area contributed by atoms with Crippen LogP contribution in [0.5, 0.6) is 0 Å². The minimum absolute atomic E-state index is 0.0179. The average Bonchev–Trinajstić information content (AvgIpc) is 3.32. The topological polar surface area (TPSA) is 98.8 Å². The highest BCUT2D eigenvalue weighted by Crippen LogP contribution is 2.27. The number of sulfonamides is 1. The smallest absolute Gasteiger partial charge is 0.243 e. The minimum Gasteiger partial charge on any atom is -0.352 e. The maximum Gasteiger partial charge on any atom is 0.243 e. The molecule has 2 heterocycles. The lowest BCUT2D eigenvalue weighted by atomic mass is 10.0. The van der Waals surface area contributed by atoms with Gasteiger partial charge >= 0.3 is 0 Å². The Kier molecular flexibility index (Phi) is 7.60. The van der Waals surface area contributed by atoms with Crippen LogP contribution in [0.4, 0.5) is 10.1 Å². The second kappa shape index (κ2) is 10.6. The number of piperidine rings is 1. The molecule has 4 rings (SSSR count). The Morgan fingerprint density at radius 3 is 2.29 bits per heavy atom. The van der Waals surface area contributed by atoms with Crippen molar-refractivity contribution in [1.29, 1.82) is 0 Å². The van der Waals surface area contributed by atoms with Crippen molar-refractivity contribution >= 4 is 27.5 Å². The number of rotatable bonds is 7. The van der Waals surface area contributed by atoms with E-state index in [9.17, 15) is 22.4 Å². The van der Waals surface area contributed by atoms with Crippen molar-refractivity contribution in [2.75, 3.05) is 31.5 Å². The molecule has 34 heavy (non-hydrogen) atoms. The molecule has 0 unspecified atom stereocenters. The van der Waals surface area contributed by atoms with Crippen LogP contribution in [0.3, 0.4) is 0 Å². The third kappa shape index (κ3) is 5.81. The third-order valence-corrected chi connectivity index (χ3v) is 8.21. The van der Waals surface area contributed by atoms with Crippen molar-refractivity contribution < 1.29 is 22.4 Å². The molecule has 2 N–H and O–H groups in total. The van der Waals surface area contributed by atoms with Crippen molar-refractivity contribution in [2.24, 2.45) is 0 Å². The average molecular weight is 489 g/mol. The van der Waals surface area contributed by atoms with Gasteiger partial charge < -0.3 is 10.6 Å². The van der Waals surface area contributed by atoms with Gasteiger partial charge in [0.25, 0.3) is 0 Å². The summed E-state index contributed by atoms with van der Waals surface area (Å²) < 4.78 is 40.5. The van der Waals surface area contributed by atoms with Gasteiger partial charge in [-0.1, -0.05) is 18.2 Å². The molecule has 182 valence electrons. The molecule has 2 aromatic rings. The van der Waals surface area contributed by atoms with Gasteiger partial charge in [0.2, 0.25) is 21.8 Å². The van der Waals surface area contributed by atoms with Gasteiger partial charge in [-0.15, -0.1) is 0 Å². The molecule has 2 fully saturated rings. The van der Waals surface area contributed by atoms with E-state index in [2.05, 4.69) is 10.6 Å². The molecule has 1 atom stereocenters. The summed E-state index contributed by atoms with van der Waals surface area (Å²) in [6.45, 7) is 1.86. The lowest BCUT2D eigenvalue weighted by Crippen LogP contribution is -2.52. The molecular formula is C24H29FN4O4S. The summed E-state index contributed by atoms with van der Waals surface area (Å²) in [4.78, 5) is 27.3. The van der Waals surface area contributed by atoms with Crippen molar-refractivity contribution in [3.8, 4) is 0 Å². The Bertz CT molecular complexity index is 1100. The quantitative estimate of drug-likeness (QED) is 0.623. The number of hydrogen-bond acceptors (Lipinski definition) is 5. The number of hydrogen-bond donors (Lipinski definition) is 2. The Morgan fingerprint density at radius 1 is 0.941 bits per heavy atom. The Labute approximate surface area is 199 Å². The first-order valence-corrected chi connectivity index (χ1v) is 12.9. The fraction of sp³-hybridized carbons (Fsp3) is 0.417. The largest absolute Gasteiger partial charge is 0.352 e. The molecule has 2 aliphatic heterocycles. The van der Waals surface area contributed by atoms with Crippen molar-refractivity contribution in [1.82, 2.24) is 14.5 Å². The number of carbonyl (C=O) groups excluding carboxylic acids is 2. The number of anilines is 1. The molecule has 2 aromatic carbocycles. The number of nitrogens with zero attached hydrogens (tertiary/aromatic N) is 2. The van der Waals surface area contributed by atoms with Gasteiger partial charge in [-0.2, -0.15) is 4.31 Å². The molecular weight excluding hydrogens is 459 g/mol. The Hall–Kier alpha value is -2.82. The molecule has 2 saturated heterocycles. The summed E-state index contributed by atoms with van der Waals surface area (Å²) in [6.07, 6.45) is 2.40. The van der Waals surface area contributed by atoms with Crippen LogP contribution in [0.25, 0.3) is 0 Å². The van der Waals surface area contributed by atoms with Crippen molar-refractivity contribution in [3.63, 3.8) is 0 Å². The SMILES string of the molecule is O=C(CN1CCC(NC(=O)[C@H]2CCCN2S(=O)(=O)c2ccc(F)cc2)CC1)Nc1ccccc1. The van der Waals surface area contributed by atoms with E-state index in [-0.39, 0.29) is 35.8 Å². The van der Waals surface area contributed by atoms with E-state index in [4.69, 9.17) is 0 Å². The fourth-order valence-electron chi connectivity index (χ4n) is 4.49. The summed E-state index contributed by atoms with van der Waals surface area (Å²) in [6, 6.07) is 13.1. The van der Waals surface area contributed by atoms with E-state index in [0.717, 1.165) is 17.8 Å². The highest BCUT2D eigenvalue weighted by molar-refractivity contribution is 7.89. The summed E-state index contributed by atoms with van der Waals surface area (Å²) in [7, 11) is -3.89. The second-order valence-electron chi connectivity index (χ2n) is 8.70. The number of amides is 2. The van der Waals surface area contributed by atoms with Crippen LogP contribution in [0, 0.1) is 5.82 Å². The summed E-state index contributed by atoms with van der Waals surface area (Å²) in [5.41, 5.74) is 0.756. The summed E-state index contributed by atoms with van der Waals surface area (Å²) in [5, 5.41) is 5.88. The van der Waals surface area contributed by atoms with E-state index in [1.807, 2.05) is 35.2 Å². The predicted octanol–water partition coefficient (Wildman–Crippen LogP) is 2.20. The van der Waals surface area contributed by atoms with Crippen molar-refractivity contribution in [2.45, 2.75) is 42.7 Å². The highest BCUT2D eigenvalue weighted by atomic mass is 32.2. The number of nitrogens with one attached hydrogen (secondary N) is 2. The van der Waals surface area contributed by atoms with Crippen LogP contribution in [0.15, 0.2) is 59.5 Å². The van der Waals surface area contributed by atoms with Crippen LogP contribution in [-0.2, 0) is 19.6 Å². The minimum atomic E-state index is -3.89. The summed E-state index contributed by atoms with van der Waals surface area (Å²) >= 11 is 0. The molecule has 10 heteroatoms. The van der Waals surface area contributed by atoms with Gasteiger partial charge in [-0.3, -0.25) is 14.5 Å². The first-order valence-electron chi connectivity index (χ1n) is 11.5. The first kappa shape index (κ1) is 24.3. The molecule has 2 aliphatic rings. The van der Waals surface area contributed by atoms with Crippen LogP contribution >= 0.6 is 0 Å². The van der Waals surface area contributed by atoms with Gasteiger partial charge in [0.15, 0.2) is 0 Å². The molecule has 0 aliphatic carbocycles. The van der Waals surface area contributed by atoms with Gasteiger partial charge in [-0.25, -0.2) is 12.8 Å². The van der Waals surface area contributed by atoms with Gasteiger partial charge in [-0.05, 0) is 62.1 Å². The molecule has 0 radical (unpaired) electrons. The Morgan fingerprint density at radius 2 is 1.62 bits per heavy atom. The zero-order valence-corrected chi connectivity index (χ0v) is 19.6. The van der Waals surface area contributed by atoms with Crippen molar-refractivity contribution in [3.05, 3.63) is 60.4 Å². The van der Waals surface area contributed by atoms with Gasteiger partial charge in [0.1, 0.15) is 11.9 Å². The molecule has 0 aromatic heterocycles. The van der Waals surface area contributed by atoms with Crippen LogP contribution in [-0.4, -0.2) is 67.7 Å². The monoisotopic (exact) mass is 488 g/mol. The fourth-order valence-corrected chi connectivity index (χ4v) is 6.15. The zero-order valence-electron chi connectivity index (χ0n) is 18.8. The highest BCUT2D eigenvalue weighted by Gasteiger charge is 2.40. The first-order chi connectivity index (χ1) is 16.3. The summed E-state index contributed by atoms with van der Waals surface area (Å²) in [5.74, 6) is -0.900. The molecule has 2 amide bonds. The van der Waals surface area contributed by atoms with Crippen LogP contribution in [0.2, 0.25) is 0 Å². The maximum absolute atomic E-state index is 13.2. The van der Waals surface area contributed by atoms with Gasteiger partial charge in [0, 0.05) is 31.4 Å². The number of para-hydroxylation sites is 1. The number of carbonyl (C=O) groups is 2. The lowest BCUT2D eigenvalue weighted by molar-refractivity contribution is -0.125. The number of halogens is 1. The van der Waals surface area contributed by atoms with E-state index < -0.39 is 21.9 Å². The molecule has 0 spiro atoms. The molecule has 0 saturated carbocycles. The number of benzene rings is 2. The molecule has 8 nitrogen and oxygen atoms in total. The van der Waals surface area contributed by atoms with E-state index in [0.29, 0.717) is 38.8 Å².